The van der Waals surface area contributed by atoms with Crippen molar-refractivity contribution in [3.05, 3.63) is 89.6 Å². The van der Waals surface area contributed by atoms with Crippen LogP contribution in [0.25, 0.3) is 6.08 Å². The minimum absolute atomic E-state index is 0.202. The molecule has 0 fully saturated rings. The Balaban J connectivity index is 2.01. The first-order chi connectivity index (χ1) is 16.4. The number of thiazole rings is 1. The molecule has 0 saturated heterocycles. The number of ether oxygens (including phenoxy) is 3. The molecule has 2 heterocycles. The number of allylic oxidation sites excluding steroid dienone is 1. The van der Waals surface area contributed by atoms with Crippen LogP contribution in [-0.4, -0.2) is 31.4 Å². The number of para-hydroxylation sites is 1. The van der Waals surface area contributed by atoms with E-state index in [-0.39, 0.29) is 12.2 Å². The van der Waals surface area contributed by atoms with Crippen LogP contribution in [0.2, 0.25) is 5.02 Å². The molecule has 0 aliphatic carbocycles. The largest absolute Gasteiger partial charge is 0.496 e. The highest BCUT2D eigenvalue weighted by Crippen LogP contribution is 2.35. The third-order valence-electron chi connectivity index (χ3n) is 5.43. The zero-order valence-electron chi connectivity index (χ0n) is 19.1. The van der Waals surface area contributed by atoms with Crippen molar-refractivity contribution < 1.29 is 19.0 Å². The minimum atomic E-state index is -0.755. The smallest absolute Gasteiger partial charge is 0.338 e. The first-order valence-corrected chi connectivity index (χ1v) is 11.7. The summed E-state index contributed by atoms with van der Waals surface area (Å²) in [6.45, 7) is 3.68. The number of nitrogens with zero attached hydrogens (tertiary/aromatic N) is 2. The summed E-state index contributed by atoms with van der Waals surface area (Å²) >= 11 is 7.40. The number of rotatable bonds is 6. The summed E-state index contributed by atoms with van der Waals surface area (Å²) in [6, 6.07) is 11.7. The number of hydrogen-bond donors (Lipinski definition) is 0. The Morgan fingerprint density at radius 2 is 1.91 bits per heavy atom. The summed E-state index contributed by atoms with van der Waals surface area (Å²) in [5.41, 5.74) is 1.81. The Bertz CT molecular complexity index is 1470. The van der Waals surface area contributed by atoms with E-state index in [2.05, 4.69) is 4.99 Å². The van der Waals surface area contributed by atoms with Crippen LogP contribution in [0.4, 0.5) is 0 Å². The van der Waals surface area contributed by atoms with Gasteiger partial charge in [0.25, 0.3) is 5.56 Å². The highest BCUT2D eigenvalue weighted by molar-refractivity contribution is 7.07. The monoisotopic (exact) mass is 498 g/mol. The van der Waals surface area contributed by atoms with Crippen LogP contribution in [0, 0.1) is 0 Å². The molecule has 1 atom stereocenters. The van der Waals surface area contributed by atoms with Crippen LogP contribution in [0.3, 0.4) is 0 Å². The van der Waals surface area contributed by atoms with E-state index in [4.69, 9.17) is 25.8 Å². The first kappa shape index (κ1) is 23.8. The van der Waals surface area contributed by atoms with Gasteiger partial charge >= 0.3 is 5.97 Å². The fourth-order valence-corrected chi connectivity index (χ4v) is 5.16. The number of benzene rings is 2. The van der Waals surface area contributed by atoms with E-state index in [0.717, 1.165) is 0 Å². The van der Waals surface area contributed by atoms with Crippen molar-refractivity contribution in [2.45, 2.75) is 19.9 Å². The van der Waals surface area contributed by atoms with Gasteiger partial charge in [-0.25, -0.2) is 9.79 Å². The Labute approximate surface area is 205 Å². The molecule has 0 bridgehead atoms. The van der Waals surface area contributed by atoms with Gasteiger partial charge in [-0.05, 0) is 44.2 Å². The van der Waals surface area contributed by atoms with Gasteiger partial charge in [0.2, 0.25) is 0 Å². The Kier molecular flexibility index (Phi) is 6.90. The van der Waals surface area contributed by atoms with Crippen LogP contribution in [-0.2, 0) is 9.53 Å². The van der Waals surface area contributed by atoms with E-state index < -0.39 is 12.0 Å². The van der Waals surface area contributed by atoms with Gasteiger partial charge in [0.1, 0.15) is 17.5 Å². The molecule has 176 valence electrons. The second kappa shape index (κ2) is 9.87. The predicted octanol–water partition coefficient (Wildman–Crippen LogP) is 3.47. The number of carbonyl (C=O) groups excluding carboxylic acids is 1. The van der Waals surface area contributed by atoms with Crippen LogP contribution in [0.1, 0.15) is 31.0 Å². The normalized spacial score (nSPS) is 15.6. The summed E-state index contributed by atoms with van der Waals surface area (Å²) in [5.74, 6) is 0.612. The van der Waals surface area contributed by atoms with E-state index in [0.29, 0.717) is 48.3 Å². The molecule has 1 unspecified atom stereocenters. The minimum Gasteiger partial charge on any atom is -0.496 e. The van der Waals surface area contributed by atoms with Crippen molar-refractivity contribution in [1.82, 2.24) is 4.57 Å². The molecule has 3 aromatic rings. The summed E-state index contributed by atoms with van der Waals surface area (Å²) in [7, 11) is 3.10. The predicted molar refractivity (Wildman–Crippen MR) is 131 cm³/mol. The number of hydrogen-bond acceptors (Lipinski definition) is 7. The van der Waals surface area contributed by atoms with E-state index >= 15 is 0 Å². The highest BCUT2D eigenvalue weighted by atomic mass is 35.5. The standard InChI is InChI=1S/C25H23ClN2O5S/c1-5-33-24(30)21-14(2)27-25-28(22(21)17-8-6-7-9-19(17)32-4)23(29)20(34-25)13-15-12-16(26)10-11-18(15)31-3/h6-13,22H,5H2,1-4H3. The molecule has 34 heavy (non-hydrogen) atoms. The number of esters is 1. The van der Waals surface area contributed by atoms with Crippen molar-refractivity contribution in [1.29, 1.82) is 0 Å². The van der Waals surface area contributed by atoms with E-state index in [1.165, 1.54) is 15.9 Å². The molecule has 1 aliphatic rings. The number of fused-ring (bicyclic) bond motifs is 1. The van der Waals surface area contributed by atoms with Gasteiger partial charge in [-0.2, -0.15) is 0 Å². The quantitative estimate of drug-likeness (QED) is 0.486. The molecule has 1 aromatic heterocycles. The maximum Gasteiger partial charge on any atom is 0.338 e. The molecule has 0 radical (unpaired) electrons. The van der Waals surface area contributed by atoms with Crippen molar-refractivity contribution in [3.8, 4) is 11.5 Å². The average Bonchev–Trinajstić information content (AvgIpc) is 3.12. The Morgan fingerprint density at radius 1 is 1.18 bits per heavy atom. The fraction of sp³-hybridized carbons (Fsp3) is 0.240. The molecule has 4 rings (SSSR count). The molecule has 0 amide bonds. The van der Waals surface area contributed by atoms with Crippen molar-refractivity contribution >= 4 is 35.0 Å². The van der Waals surface area contributed by atoms with Crippen LogP contribution in [0.15, 0.2) is 63.5 Å². The van der Waals surface area contributed by atoms with Crippen molar-refractivity contribution in [2.24, 2.45) is 4.99 Å². The maximum absolute atomic E-state index is 13.7. The SMILES string of the molecule is CCOC(=O)C1=C(C)N=c2sc(=Cc3cc(Cl)ccc3OC)c(=O)n2C1c1ccccc1OC. The van der Waals surface area contributed by atoms with Gasteiger partial charge in [0.05, 0.1) is 36.6 Å². The molecular weight excluding hydrogens is 476 g/mol. The van der Waals surface area contributed by atoms with Gasteiger partial charge in [0.15, 0.2) is 4.80 Å². The van der Waals surface area contributed by atoms with Crippen LogP contribution in [0.5, 0.6) is 11.5 Å². The molecular formula is C25H23ClN2O5S. The van der Waals surface area contributed by atoms with Gasteiger partial charge < -0.3 is 14.2 Å². The van der Waals surface area contributed by atoms with Gasteiger partial charge in [0, 0.05) is 16.1 Å². The molecule has 0 saturated carbocycles. The molecule has 0 N–H and O–H groups in total. The maximum atomic E-state index is 13.7. The number of methoxy groups -OCH3 is 2. The van der Waals surface area contributed by atoms with Crippen LogP contribution < -0.4 is 24.4 Å². The van der Waals surface area contributed by atoms with Crippen molar-refractivity contribution in [3.63, 3.8) is 0 Å². The topological polar surface area (TPSA) is 79.1 Å². The van der Waals surface area contributed by atoms with E-state index in [1.54, 1.807) is 58.4 Å². The fourth-order valence-electron chi connectivity index (χ4n) is 3.94. The molecule has 7 nitrogen and oxygen atoms in total. The summed E-state index contributed by atoms with van der Waals surface area (Å²) in [4.78, 5) is 31.8. The second-order valence-electron chi connectivity index (χ2n) is 7.43. The second-order valence-corrected chi connectivity index (χ2v) is 8.88. The highest BCUT2D eigenvalue weighted by Gasteiger charge is 2.34. The molecule has 9 heteroatoms. The van der Waals surface area contributed by atoms with Crippen LogP contribution >= 0.6 is 22.9 Å². The first-order valence-electron chi connectivity index (χ1n) is 10.6. The van der Waals surface area contributed by atoms with E-state index in [9.17, 15) is 9.59 Å². The number of aromatic nitrogens is 1. The van der Waals surface area contributed by atoms with Gasteiger partial charge in [-0.3, -0.25) is 9.36 Å². The average molecular weight is 499 g/mol. The summed E-state index contributed by atoms with van der Waals surface area (Å²) in [5, 5.41) is 0.521. The lowest BCUT2D eigenvalue weighted by atomic mass is 9.95. The number of halogens is 1. The molecule has 2 aromatic carbocycles. The zero-order valence-corrected chi connectivity index (χ0v) is 20.7. The molecule has 0 spiro atoms. The third-order valence-corrected chi connectivity index (χ3v) is 6.65. The number of carbonyl (C=O) groups is 1. The Morgan fingerprint density at radius 3 is 2.62 bits per heavy atom. The third kappa shape index (κ3) is 4.26. The molecule has 1 aliphatic heterocycles. The zero-order chi connectivity index (χ0) is 24.4. The van der Waals surface area contributed by atoms with Crippen molar-refractivity contribution in [2.75, 3.05) is 20.8 Å². The lowest BCUT2D eigenvalue weighted by Gasteiger charge is -2.25. The van der Waals surface area contributed by atoms with E-state index in [1.807, 2.05) is 18.2 Å². The summed E-state index contributed by atoms with van der Waals surface area (Å²) < 4.78 is 18.3. The lowest BCUT2D eigenvalue weighted by molar-refractivity contribution is -0.139. The Hall–Kier alpha value is -3.36. The van der Waals surface area contributed by atoms with Gasteiger partial charge in [-0.1, -0.05) is 41.1 Å². The lowest BCUT2D eigenvalue weighted by Crippen LogP contribution is -2.40. The van der Waals surface area contributed by atoms with Gasteiger partial charge in [-0.15, -0.1) is 0 Å². The summed E-state index contributed by atoms with van der Waals surface area (Å²) in [6.07, 6.45) is 1.72.